The number of fused-ring (bicyclic) bond motifs is 1. The summed E-state index contributed by atoms with van der Waals surface area (Å²) in [5.41, 5.74) is 1.96. The third-order valence-electron chi connectivity index (χ3n) is 5.94. The lowest BCUT2D eigenvalue weighted by Gasteiger charge is -2.35. The molecule has 0 radical (unpaired) electrons. The molecule has 0 saturated heterocycles. The van der Waals surface area contributed by atoms with E-state index < -0.39 is 0 Å². The second kappa shape index (κ2) is 8.98. The fraction of sp³-hybridized carbons (Fsp3) is 0.320. The number of carbonyl (C=O) groups excluding carboxylic acids is 1. The molecule has 0 aromatic heterocycles. The molecule has 0 spiro atoms. The molecule has 0 heterocycles. The highest BCUT2D eigenvalue weighted by Crippen LogP contribution is 2.27. The lowest BCUT2D eigenvalue weighted by Crippen LogP contribution is -2.52. The Kier molecular flexibility index (Phi) is 6.17. The number of nitrogens with one attached hydrogen (secondary N) is 2. The average Bonchev–Trinajstić information content (AvgIpc) is 2.75. The molecule has 1 amide bonds. The van der Waals surface area contributed by atoms with Crippen molar-refractivity contribution in [3.8, 4) is 0 Å². The van der Waals surface area contributed by atoms with Crippen LogP contribution >= 0.6 is 11.6 Å². The van der Waals surface area contributed by atoms with Crippen LogP contribution in [0.1, 0.15) is 54.6 Å². The largest absolute Gasteiger partial charge is 0.348 e. The van der Waals surface area contributed by atoms with E-state index >= 15 is 0 Å². The third-order valence-corrected chi connectivity index (χ3v) is 6.19. The van der Waals surface area contributed by atoms with Crippen LogP contribution < -0.4 is 10.6 Å². The van der Waals surface area contributed by atoms with Crippen LogP contribution in [0.3, 0.4) is 0 Å². The van der Waals surface area contributed by atoms with Crippen molar-refractivity contribution in [3.05, 3.63) is 82.9 Å². The smallest absolute Gasteiger partial charge is 0.251 e. The Morgan fingerprint density at radius 1 is 0.931 bits per heavy atom. The van der Waals surface area contributed by atoms with Crippen LogP contribution in [0.2, 0.25) is 5.02 Å². The fourth-order valence-electron chi connectivity index (χ4n) is 4.40. The van der Waals surface area contributed by atoms with Crippen molar-refractivity contribution in [2.45, 2.75) is 50.7 Å². The second-order valence-electron chi connectivity index (χ2n) is 7.93. The summed E-state index contributed by atoms with van der Waals surface area (Å²) in [4.78, 5) is 12.7. The van der Waals surface area contributed by atoms with Crippen LogP contribution in [0, 0.1) is 0 Å². The van der Waals surface area contributed by atoms with Gasteiger partial charge in [0.2, 0.25) is 0 Å². The molecule has 3 nitrogen and oxygen atoms in total. The molecule has 150 valence electrons. The molecular weight excluding hydrogens is 380 g/mol. The molecule has 1 aliphatic rings. The van der Waals surface area contributed by atoms with Crippen molar-refractivity contribution in [1.82, 2.24) is 10.6 Å². The lowest BCUT2D eigenvalue weighted by atomic mass is 9.88. The quantitative estimate of drug-likeness (QED) is 0.555. The topological polar surface area (TPSA) is 41.1 Å². The van der Waals surface area contributed by atoms with Gasteiger partial charge in [0.1, 0.15) is 0 Å². The summed E-state index contributed by atoms with van der Waals surface area (Å²) in [7, 11) is 0. The van der Waals surface area contributed by atoms with Gasteiger partial charge >= 0.3 is 0 Å². The number of hydrogen-bond acceptors (Lipinski definition) is 2. The predicted molar refractivity (Wildman–Crippen MR) is 120 cm³/mol. The van der Waals surface area contributed by atoms with Crippen LogP contribution in [-0.4, -0.2) is 18.0 Å². The normalized spacial score (nSPS) is 20.3. The summed E-state index contributed by atoms with van der Waals surface area (Å²) in [6, 6.07) is 22.7. The van der Waals surface area contributed by atoms with E-state index in [0.717, 1.165) is 19.3 Å². The summed E-state index contributed by atoms with van der Waals surface area (Å²) in [5.74, 6) is -0.0295. The molecule has 2 N–H and O–H groups in total. The number of halogens is 1. The van der Waals surface area contributed by atoms with Crippen molar-refractivity contribution in [1.29, 1.82) is 0 Å². The summed E-state index contributed by atoms with van der Waals surface area (Å²) in [6.07, 6.45) is 4.40. The Morgan fingerprint density at radius 3 is 2.41 bits per heavy atom. The maximum atomic E-state index is 12.7. The highest BCUT2D eigenvalue weighted by atomic mass is 35.5. The summed E-state index contributed by atoms with van der Waals surface area (Å²) in [5, 5.41) is 10.2. The molecule has 4 rings (SSSR count). The van der Waals surface area contributed by atoms with Crippen LogP contribution in [0.5, 0.6) is 0 Å². The van der Waals surface area contributed by atoms with E-state index in [1.807, 2.05) is 0 Å². The molecule has 3 atom stereocenters. The highest BCUT2D eigenvalue weighted by molar-refractivity contribution is 6.30. The van der Waals surface area contributed by atoms with Gasteiger partial charge in [-0.2, -0.15) is 0 Å². The molecule has 3 aromatic carbocycles. The molecular formula is C25H27ClN2O. The molecule has 29 heavy (non-hydrogen) atoms. The van der Waals surface area contributed by atoms with Crippen LogP contribution in [-0.2, 0) is 0 Å². The van der Waals surface area contributed by atoms with Crippen LogP contribution in [0.4, 0.5) is 0 Å². The van der Waals surface area contributed by atoms with E-state index in [1.54, 1.807) is 24.3 Å². The number of carbonyl (C=O) groups is 1. The molecule has 0 unspecified atom stereocenters. The van der Waals surface area contributed by atoms with Gasteiger partial charge in [-0.3, -0.25) is 4.79 Å². The Labute approximate surface area is 177 Å². The SMILES string of the molecule is C[C@@H](N[C@H]1CCCC[C@@H]1NC(=O)c1ccc(Cl)cc1)c1cccc2ccccc12. The standard InChI is InChI=1S/C25H27ClN2O/c1-17(21-10-6-8-18-7-2-3-9-22(18)21)27-23-11-4-5-12-24(23)28-25(29)19-13-15-20(26)16-14-19/h2-3,6-10,13-17,23-24,27H,4-5,11-12H2,1H3,(H,28,29)/t17-,23+,24+/m1/s1. The van der Waals surface area contributed by atoms with Crippen molar-refractivity contribution >= 4 is 28.3 Å². The Morgan fingerprint density at radius 2 is 1.62 bits per heavy atom. The van der Waals surface area contributed by atoms with E-state index in [9.17, 15) is 4.79 Å². The van der Waals surface area contributed by atoms with E-state index in [0.29, 0.717) is 10.6 Å². The Hall–Kier alpha value is -2.36. The van der Waals surface area contributed by atoms with Gasteiger partial charge < -0.3 is 10.6 Å². The zero-order valence-electron chi connectivity index (χ0n) is 16.7. The molecule has 1 fully saturated rings. The minimum Gasteiger partial charge on any atom is -0.348 e. The van der Waals surface area contributed by atoms with E-state index in [-0.39, 0.29) is 24.0 Å². The monoisotopic (exact) mass is 406 g/mol. The van der Waals surface area contributed by atoms with E-state index in [4.69, 9.17) is 11.6 Å². The average molecular weight is 407 g/mol. The number of hydrogen-bond donors (Lipinski definition) is 2. The minimum absolute atomic E-state index is 0.0295. The maximum absolute atomic E-state index is 12.7. The molecule has 0 bridgehead atoms. The second-order valence-corrected chi connectivity index (χ2v) is 8.37. The van der Waals surface area contributed by atoms with Crippen LogP contribution in [0.15, 0.2) is 66.7 Å². The first-order valence-corrected chi connectivity index (χ1v) is 10.8. The van der Waals surface area contributed by atoms with Crippen molar-refractivity contribution in [3.63, 3.8) is 0 Å². The first-order chi connectivity index (χ1) is 14.1. The third kappa shape index (κ3) is 4.63. The maximum Gasteiger partial charge on any atom is 0.251 e. The van der Waals surface area contributed by atoms with Crippen molar-refractivity contribution in [2.75, 3.05) is 0 Å². The highest BCUT2D eigenvalue weighted by Gasteiger charge is 2.28. The van der Waals surface area contributed by atoms with Crippen LogP contribution in [0.25, 0.3) is 10.8 Å². The zero-order valence-corrected chi connectivity index (χ0v) is 17.5. The number of rotatable bonds is 5. The summed E-state index contributed by atoms with van der Waals surface area (Å²) in [6.45, 7) is 2.22. The van der Waals surface area contributed by atoms with Gasteiger partial charge in [0, 0.05) is 28.7 Å². The molecule has 1 saturated carbocycles. The number of benzene rings is 3. The summed E-state index contributed by atoms with van der Waals surface area (Å²) < 4.78 is 0. The van der Waals surface area contributed by atoms with Crippen molar-refractivity contribution < 1.29 is 4.79 Å². The lowest BCUT2D eigenvalue weighted by molar-refractivity contribution is 0.0913. The first-order valence-electron chi connectivity index (χ1n) is 10.4. The fourth-order valence-corrected chi connectivity index (χ4v) is 4.52. The van der Waals surface area contributed by atoms with E-state index in [1.165, 1.54) is 22.8 Å². The van der Waals surface area contributed by atoms with Gasteiger partial charge in [0.15, 0.2) is 0 Å². The van der Waals surface area contributed by atoms with Gasteiger partial charge in [-0.25, -0.2) is 0 Å². The van der Waals surface area contributed by atoms with Gasteiger partial charge in [-0.05, 0) is 60.4 Å². The molecule has 1 aliphatic carbocycles. The van der Waals surface area contributed by atoms with Crippen molar-refractivity contribution in [2.24, 2.45) is 0 Å². The van der Waals surface area contributed by atoms with Gasteiger partial charge in [-0.15, -0.1) is 0 Å². The Bertz CT molecular complexity index is 980. The molecule has 0 aliphatic heterocycles. The van der Waals surface area contributed by atoms with Gasteiger partial charge in [0.25, 0.3) is 5.91 Å². The van der Waals surface area contributed by atoms with E-state index in [2.05, 4.69) is 60.0 Å². The predicted octanol–water partition coefficient (Wildman–Crippen LogP) is 5.89. The van der Waals surface area contributed by atoms with Gasteiger partial charge in [-0.1, -0.05) is 66.9 Å². The zero-order chi connectivity index (χ0) is 20.2. The first kappa shape index (κ1) is 19.9. The molecule has 4 heteroatoms. The minimum atomic E-state index is -0.0295. The summed E-state index contributed by atoms with van der Waals surface area (Å²) >= 11 is 5.95. The number of amides is 1. The van der Waals surface area contributed by atoms with Gasteiger partial charge in [0.05, 0.1) is 0 Å². The Balaban J connectivity index is 1.48. The molecule has 3 aromatic rings.